The van der Waals surface area contributed by atoms with Crippen molar-refractivity contribution in [3.8, 4) is 0 Å². The van der Waals surface area contributed by atoms with Crippen molar-refractivity contribution in [3.05, 3.63) is 35.9 Å². The topological polar surface area (TPSA) is 52.6 Å². The predicted molar refractivity (Wildman–Crippen MR) is 107 cm³/mol. The normalized spacial score (nSPS) is 19.8. The zero-order valence-electron chi connectivity index (χ0n) is 16.3. The van der Waals surface area contributed by atoms with Gasteiger partial charge in [0.2, 0.25) is 0 Å². The van der Waals surface area contributed by atoms with Crippen LogP contribution in [0.3, 0.4) is 0 Å². The van der Waals surface area contributed by atoms with Crippen LogP contribution < -0.4 is 5.32 Å². The molecule has 1 aromatic carbocycles. The molecule has 2 amide bonds. The Labute approximate surface area is 159 Å². The molecule has 1 saturated heterocycles. The number of carbonyl (C=O) groups is 1. The van der Waals surface area contributed by atoms with Gasteiger partial charge in [0.1, 0.15) is 0 Å². The summed E-state index contributed by atoms with van der Waals surface area (Å²) in [7, 11) is 0. The van der Waals surface area contributed by atoms with Crippen molar-refractivity contribution in [2.75, 3.05) is 13.2 Å². The van der Waals surface area contributed by atoms with Crippen LogP contribution in [-0.4, -0.2) is 35.2 Å². The number of benzene rings is 1. The molecule has 2 rings (SSSR count). The summed E-state index contributed by atoms with van der Waals surface area (Å²) in [5.41, 5.74) is 1.09. The van der Waals surface area contributed by atoms with Crippen LogP contribution in [0.25, 0.3) is 0 Å². The SMILES string of the molecule is CCCCCCCCCCCCN1C(=O)N[C@H](CO)[C@H]1c1ccccc1. The maximum atomic E-state index is 12.3. The van der Waals surface area contributed by atoms with Crippen molar-refractivity contribution in [2.45, 2.75) is 83.2 Å². The molecule has 0 unspecified atom stereocenters. The molecular weight excluding hydrogens is 324 g/mol. The number of nitrogens with zero attached hydrogens (tertiary/aromatic N) is 1. The molecule has 1 aliphatic rings. The van der Waals surface area contributed by atoms with Crippen LogP contribution in [0, 0.1) is 0 Å². The summed E-state index contributed by atoms with van der Waals surface area (Å²) in [6, 6.07) is 9.72. The monoisotopic (exact) mass is 360 g/mol. The average molecular weight is 361 g/mol. The molecule has 0 bridgehead atoms. The highest BCUT2D eigenvalue weighted by Gasteiger charge is 2.39. The second kappa shape index (κ2) is 11.9. The van der Waals surface area contributed by atoms with E-state index in [-0.39, 0.29) is 24.7 Å². The van der Waals surface area contributed by atoms with Gasteiger partial charge in [0, 0.05) is 6.54 Å². The van der Waals surface area contributed by atoms with Gasteiger partial charge < -0.3 is 15.3 Å². The van der Waals surface area contributed by atoms with E-state index in [1.807, 2.05) is 35.2 Å². The van der Waals surface area contributed by atoms with E-state index in [1.165, 1.54) is 57.8 Å². The molecule has 0 aliphatic carbocycles. The zero-order valence-corrected chi connectivity index (χ0v) is 16.3. The molecule has 0 radical (unpaired) electrons. The molecular formula is C22H36N2O2. The van der Waals surface area contributed by atoms with E-state index in [1.54, 1.807) is 0 Å². The summed E-state index contributed by atoms with van der Waals surface area (Å²) >= 11 is 0. The van der Waals surface area contributed by atoms with Crippen molar-refractivity contribution in [2.24, 2.45) is 0 Å². The number of nitrogens with one attached hydrogen (secondary N) is 1. The Morgan fingerprint density at radius 2 is 1.50 bits per heavy atom. The predicted octanol–water partition coefficient (Wildman–Crippen LogP) is 5.03. The second-order valence-corrected chi connectivity index (χ2v) is 7.47. The lowest BCUT2D eigenvalue weighted by molar-refractivity contribution is 0.189. The van der Waals surface area contributed by atoms with E-state index in [0.717, 1.165) is 18.5 Å². The lowest BCUT2D eigenvalue weighted by atomic mass is 10.00. The van der Waals surface area contributed by atoms with Crippen LogP contribution in [0.1, 0.15) is 82.7 Å². The average Bonchev–Trinajstić information content (AvgIpc) is 2.99. The third-order valence-corrected chi connectivity index (χ3v) is 5.38. The summed E-state index contributed by atoms with van der Waals surface area (Å²) < 4.78 is 0. The van der Waals surface area contributed by atoms with Crippen LogP contribution >= 0.6 is 0 Å². The molecule has 2 atom stereocenters. The van der Waals surface area contributed by atoms with E-state index in [9.17, 15) is 9.90 Å². The lowest BCUT2D eigenvalue weighted by Crippen LogP contribution is -2.31. The molecule has 146 valence electrons. The highest BCUT2D eigenvalue weighted by Crippen LogP contribution is 2.29. The lowest BCUT2D eigenvalue weighted by Gasteiger charge is -2.26. The molecule has 0 aromatic heterocycles. The number of hydrogen-bond acceptors (Lipinski definition) is 2. The molecule has 1 fully saturated rings. The molecule has 26 heavy (non-hydrogen) atoms. The van der Waals surface area contributed by atoms with Crippen LogP contribution in [0.15, 0.2) is 30.3 Å². The Bertz CT molecular complexity index is 506. The van der Waals surface area contributed by atoms with Crippen LogP contribution in [0.5, 0.6) is 0 Å². The van der Waals surface area contributed by atoms with Gasteiger partial charge in [-0.15, -0.1) is 0 Å². The quantitative estimate of drug-likeness (QED) is 0.485. The van der Waals surface area contributed by atoms with E-state index >= 15 is 0 Å². The van der Waals surface area contributed by atoms with Gasteiger partial charge >= 0.3 is 6.03 Å². The number of rotatable bonds is 13. The number of aliphatic hydroxyl groups excluding tert-OH is 1. The van der Waals surface area contributed by atoms with Crippen molar-refractivity contribution in [1.29, 1.82) is 0 Å². The summed E-state index contributed by atoms with van der Waals surface area (Å²) in [4.78, 5) is 14.2. The number of urea groups is 1. The Kier molecular flexibility index (Phi) is 9.54. The fraction of sp³-hybridized carbons (Fsp3) is 0.682. The third-order valence-electron chi connectivity index (χ3n) is 5.38. The summed E-state index contributed by atoms with van der Waals surface area (Å²) in [5.74, 6) is 0. The van der Waals surface area contributed by atoms with Gasteiger partial charge in [-0.1, -0.05) is 95.0 Å². The van der Waals surface area contributed by atoms with E-state index in [4.69, 9.17) is 0 Å². The summed E-state index contributed by atoms with van der Waals surface area (Å²) in [6.07, 6.45) is 12.9. The van der Waals surface area contributed by atoms with E-state index < -0.39 is 0 Å². The van der Waals surface area contributed by atoms with Gasteiger partial charge in [0.05, 0.1) is 18.7 Å². The standard InChI is InChI=1S/C22H36N2O2/c1-2-3-4-5-6-7-8-9-10-14-17-24-21(19-15-12-11-13-16-19)20(18-25)23-22(24)26/h11-13,15-16,20-21,25H,2-10,14,17-18H2,1H3,(H,23,26)/t20-,21-/m1/s1. The first-order valence-electron chi connectivity index (χ1n) is 10.5. The second-order valence-electron chi connectivity index (χ2n) is 7.47. The molecule has 0 saturated carbocycles. The fourth-order valence-electron chi connectivity index (χ4n) is 3.88. The van der Waals surface area contributed by atoms with E-state index in [0.29, 0.717) is 0 Å². The Morgan fingerprint density at radius 3 is 2.08 bits per heavy atom. The number of hydrogen-bond donors (Lipinski definition) is 2. The van der Waals surface area contributed by atoms with Gasteiger partial charge in [-0.2, -0.15) is 0 Å². The molecule has 2 N–H and O–H groups in total. The number of aliphatic hydroxyl groups is 1. The van der Waals surface area contributed by atoms with Crippen LogP contribution in [0.2, 0.25) is 0 Å². The molecule has 1 aromatic rings. The molecule has 1 heterocycles. The summed E-state index contributed by atoms with van der Waals surface area (Å²) in [5, 5.41) is 12.6. The Morgan fingerprint density at radius 1 is 0.923 bits per heavy atom. The molecule has 4 heteroatoms. The van der Waals surface area contributed by atoms with Gasteiger partial charge in [-0.3, -0.25) is 0 Å². The molecule has 4 nitrogen and oxygen atoms in total. The van der Waals surface area contributed by atoms with Crippen molar-refractivity contribution >= 4 is 6.03 Å². The third kappa shape index (κ3) is 6.31. The van der Waals surface area contributed by atoms with Gasteiger partial charge in [0.15, 0.2) is 0 Å². The zero-order chi connectivity index (χ0) is 18.6. The van der Waals surface area contributed by atoms with Gasteiger partial charge in [-0.25, -0.2) is 4.79 Å². The number of unbranched alkanes of at least 4 members (excludes halogenated alkanes) is 9. The van der Waals surface area contributed by atoms with Crippen molar-refractivity contribution in [3.63, 3.8) is 0 Å². The Balaban J connectivity index is 1.69. The van der Waals surface area contributed by atoms with Crippen molar-refractivity contribution in [1.82, 2.24) is 10.2 Å². The maximum absolute atomic E-state index is 12.3. The highest BCUT2D eigenvalue weighted by molar-refractivity contribution is 5.78. The van der Waals surface area contributed by atoms with Crippen molar-refractivity contribution < 1.29 is 9.90 Å². The first-order chi connectivity index (χ1) is 12.8. The first kappa shape index (κ1) is 20.8. The van der Waals surface area contributed by atoms with Gasteiger partial charge in [-0.05, 0) is 12.0 Å². The molecule has 0 spiro atoms. The maximum Gasteiger partial charge on any atom is 0.318 e. The minimum absolute atomic E-state index is 0.0279. The first-order valence-corrected chi connectivity index (χ1v) is 10.5. The minimum atomic E-state index is -0.215. The minimum Gasteiger partial charge on any atom is -0.394 e. The number of carbonyl (C=O) groups excluding carboxylic acids is 1. The highest BCUT2D eigenvalue weighted by atomic mass is 16.3. The van der Waals surface area contributed by atoms with Gasteiger partial charge in [0.25, 0.3) is 0 Å². The number of amides is 2. The van der Waals surface area contributed by atoms with Crippen LogP contribution in [0.4, 0.5) is 4.79 Å². The smallest absolute Gasteiger partial charge is 0.318 e. The Hall–Kier alpha value is -1.55. The molecule has 1 aliphatic heterocycles. The van der Waals surface area contributed by atoms with E-state index in [2.05, 4.69) is 12.2 Å². The summed E-state index contributed by atoms with van der Waals surface area (Å²) in [6.45, 7) is 2.99. The largest absolute Gasteiger partial charge is 0.394 e. The van der Waals surface area contributed by atoms with Crippen LogP contribution in [-0.2, 0) is 0 Å². The fourth-order valence-corrected chi connectivity index (χ4v) is 3.88.